The molecule has 1 aliphatic rings. The average molecular weight is 395 g/mol. The van der Waals surface area contributed by atoms with Gasteiger partial charge in [-0.2, -0.15) is 13.2 Å². The zero-order valence-corrected chi connectivity index (χ0v) is 16.0. The maximum atomic E-state index is 12.8. The molecule has 0 spiro atoms. The molecule has 0 saturated carbocycles. The largest absolute Gasteiger partial charge is 0.416 e. The first-order valence-corrected chi connectivity index (χ1v) is 9.48. The molecule has 0 atom stereocenters. The third kappa shape index (κ3) is 4.04. The van der Waals surface area contributed by atoms with Crippen molar-refractivity contribution in [2.24, 2.45) is 0 Å². The topological polar surface area (TPSA) is 20.3 Å². The molecule has 0 aromatic heterocycles. The predicted molar refractivity (Wildman–Crippen MR) is 108 cm³/mol. The molecule has 0 radical (unpaired) electrons. The number of nitrogens with zero attached hydrogens (tertiary/aromatic N) is 1. The number of rotatable bonds is 3. The van der Waals surface area contributed by atoms with E-state index in [1.165, 1.54) is 17.7 Å². The summed E-state index contributed by atoms with van der Waals surface area (Å²) in [6, 6.07) is 19.0. The van der Waals surface area contributed by atoms with Crippen molar-refractivity contribution in [1.29, 1.82) is 0 Å². The van der Waals surface area contributed by atoms with Gasteiger partial charge in [-0.25, -0.2) is 0 Å². The number of amides is 1. The van der Waals surface area contributed by atoms with Gasteiger partial charge in [-0.15, -0.1) is 0 Å². The normalized spacial score (nSPS) is 14.1. The number of carbonyl (C=O) groups excluding carboxylic acids is 1. The zero-order valence-electron chi connectivity index (χ0n) is 16.0. The van der Waals surface area contributed by atoms with E-state index in [9.17, 15) is 18.0 Å². The molecule has 0 N–H and O–H groups in total. The lowest BCUT2D eigenvalue weighted by atomic mass is 9.95. The number of hydrogen-bond acceptors (Lipinski definition) is 1. The van der Waals surface area contributed by atoms with Crippen LogP contribution in [0.5, 0.6) is 0 Å². The lowest BCUT2D eigenvalue weighted by molar-refractivity contribution is -0.137. The summed E-state index contributed by atoms with van der Waals surface area (Å²) in [6.07, 6.45) is -3.28. The van der Waals surface area contributed by atoms with Gasteiger partial charge in [0, 0.05) is 12.1 Å². The highest BCUT2D eigenvalue weighted by Gasteiger charge is 2.30. The molecule has 0 fully saturated rings. The average Bonchev–Trinajstić information content (AvgIpc) is 2.71. The second-order valence-corrected chi connectivity index (χ2v) is 7.38. The SMILES string of the molecule is Cc1ccc(CN2C(=O)CCc3cc(-c4ccc(C(F)(F)F)cc4)ccc32)cc1. The van der Waals surface area contributed by atoms with Gasteiger partial charge in [-0.1, -0.05) is 48.0 Å². The predicted octanol–water partition coefficient (Wildman–Crippen LogP) is 6.16. The van der Waals surface area contributed by atoms with Crippen LogP contribution in [0.25, 0.3) is 11.1 Å². The summed E-state index contributed by atoms with van der Waals surface area (Å²) in [4.78, 5) is 14.3. The summed E-state index contributed by atoms with van der Waals surface area (Å²) in [5.41, 5.74) is 5.05. The Morgan fingerprint density at radius 1 is 0.862 bits per heavy atom. The van der Waals surface area contributed by atoms with Crippen molar-refractivity contribution >= 4 is 11.6 Å². The molecule has 5 heteroatoms. The molecule has 4 rings (SSSR count). The fraction of sp³-hybridized carbons (Fsp3) is 0.208. The van der Waals surface area contributed by atoms with E-state index in [2.05, 4.69) is 0 Å². The fourth-order valence-corrected chi connectivity index (χ4v) is 3.64. The number of carbonyl (C=O) groups is 1. The van der Waals surface area contributed by atoms with Crippen molar-refractivity contribution in [3.8, 4) is 11.1 Å². The van der Waals surface area contributed by atoms with Crippen molar-refractivity contribution in [2.45, 2.75) is 32.5 Å². The Morgan fingerprint density at radius 2 is 1.52 bits per heavy atom. The summed E-state index contributed by atoms with van der Waals surface area (Å²) < 4.78 is 38.4. The second kappa shape index (κ2) is 7.39. The Morgan fingerprint density at radius 3 is 2.17 bits per heavy atom. The summed E-state index contributed by atoms with van der Waals surface area (Å²) in [5, 5.41) is 0. The van der Waals surface area contributed by atoms with Crippen molar-refractivity contribution in [3.63, 3.8) is 0 Å². The Bertz CT molecular complexity index is 1040. The standard InChI is InChI=1S/C24H20F3NO/c1-16-2-4-17(5-3-16)15-28-22-12-8-19(14-20(22)9-13-23(28)29)18-6-10-21(11-7-18)24(25,26)27/h2-8,10-12,14H,9,13,15H2,1H3. The molecule has 3 aromatic carbocycles. The van der Waals surface area contributed by atoms with Crippen molar-refractivity contribution in [2.75, 3.05) is 4.90 Å². The van der Waals surface area contributed by atoms with Crippen LogP contribution in [0.15, 0.2) is 66.7 Å². The fourth-order valence-electron chi connectivity index (χ4n) is 3.64. The van der Waals surface area contributed by atoms with Crippen molar-refractivity contribution < 1.29 is 18.0 Å². The molecule has 1 amide bonds. The van der Waals surface area contributed by atoms with Crippen LogP contribution in [0.2, 0.25) is 0 Å². The molecule has 1 aliphatic heterocycles. The number of halogens is 3. The highest BCUT2D eigenvalue weighted by molar-refractivity contribution is 5.96. The second-order valence-electron chi connectivity index (χ2n) is 7.38. The molecule has 0 bridgehead atoms. The first kappa shape index (κ1) is 19.2. The Hall–Kier alpha value is -3.08. The smallest absolute Gasteiger partial charge is 0.308 e. The van der Waals surface area contributed by atoms with Crippen LogP contribution in [0, 0.1) is 6.92 Å². The minimum Gasteiger partial charge on any atom is -0.308 e. The summed E-state index contributed by atoms with van der Waals surface area (Å²) in [7, 11) is 0. The van der Waals surface area contributed by atoms with E-state index in [-0.39, 0.29) is 5.91 Å². The third-order valence-electron chi connectivity index (χ3n) is 5.29. The first-order chi connectivity index (χ1) is 13.8. The molecule has 0 unspecified atom stereocenters. The summed E-state index contributed by atoms with van der Waals surface area (Å²) in [5.74, 6) is 0.0837. The number of fused-ring (bicyclic) bond motifs is 1. The van der Waals surface area contributed by atoms with Crippen LogP contribution in [0.4, 0.5) is 18.9 Å². The maximum absolute atomic E-state index is 12.8. The maximum Gasteiger partial charge on any atom is 0.416 e. The number of anilines is 1. The lowest BCUT2D eigenvalue weighted by Gasteiger charge is -2.30. The molecule has 148 valence electrons. The van der Waals surface area contributed by atoms with Crippen LogP contribution >= 0.6 is 0 Å². The highest BCUT2D eigenvalue weighted by atomic mass is 19.4. The molecule has 0 saturated heterocycles. The number of benzene rings is 3. The van der Waals surface area contributed by atoms with Gasteiger partial charge in [-0.05, 0) is 59.9 Å². The number of aryl methyl sites for hydroxylation is 2. The Kier molecular flexibility index (Phi) is 4.91. The van der Waals surface area contributed by atoms with Crippen LogP contribution in [0.1, 0.15) is 28.7 Å². The third-order valence-corrected chi connectivity index (χ3v) is 5.29. The zero-order chi connectivity index (χ0) is 20.6. The minimum atomic E-state index is -4.34. The van der Waals surface area contributed by atoms with Crippen molar-refractivity contribution in [3.05, 3.63) is 89.0 Å². The summed E-state index contributed by atoms with van der Waals surface area (Å²) in [6.45, 7) is 2.53. The minimum absolute atomic E-state index is 0.0837. The lowest BCUT2D eigenvalue weighted by Crippen LogP contribution is -2.34. The molecule has 29 heavy (non-hydrogen) atoms. The quantitative estimate of drug-likeness (QED) is 0.520. The van der Waals surface area contributed by atoms with E-state index >= 15 is 0 Å². The highest BCUT2D eigenvalue weighted by Crippen LogP contribution is 2.35. The number of alkyl halides is 3. The van der Waals surface area contributed by atoms with E-state index in [1.54, 1.807) is 4.90 Å². The van der Waals surface area contributed by atoms with Gasteiger partial charge in [0.05, 0.1) is 12.1 Å². The van der Waals surface area contributed by atoms with E-state index in [4.69, 9.17) is 0 Å². The molecule has 1 heterocycles. The molecule has 3 aromatic rings. The van der Waals surface area contributed by atoms with E-state index in [0.29, 0.717) is 19.4 Å². The first-order valence-electron chi connectivity index (χ1n) is 9.48. The summed E-state index contributed by atoms with van der Waals surface area (Å²) >= 11 is 0. The Balaban J connectivity index is 1.62. The van der Waals surface area contributed by atoms with Gasteiger partial charge in [-0.3, -0.25) is 4.79 Å². The molecule has 2 nitrogen and oxygen atoms in total. The van der Waals surface area contributed by atoms with Gasteiger partial charge in [0.1, 0.15) is 0 Å². The monoisotopic (exact) mass is 395 g/mol. The van der Waals surface area contributed by atoms with Gasteiger partial charge < -0.3 is 4.90 Å². The molecule has 0 aliphatic carbocycles. The van der Waals surface area contributed by atoms with Gasteiger partial charge >= 0.3 is 6.18 Å². The Labute approximate surface area is 167 Å². The van der Waals surface area contributed by atoms with Gasteiger partial charge in [0.25, 0.3) is 0 Å². The van der Waals surface area contributed by atoms with Gasteiger partial charge in [0.15, 0.2) is 0 Å². The van der Waals surface area contributed by atoms with Crippen molar-refractivity contribution in [1.82, 2.24) is 0 Å². The van der Waals surface area contributed by atoms with Crippen LogP contribution in [-0.2, 0) is 23.9 Å². The van der Waals surface area contributed by atoms with Crippen LogP contribution in [-0.4, -0.2) is 5.91 Å². The van der Waals surface area contributed by atoms with Crippen LogP contribution in [0.3, 0.4) is 0 Å². The molecular weight excluding hydrogens is 375 g/mol. The number of hydrogen-bond donors (Lipinski definition) is 0. The van der Waals surface area contributed by atoms with Crippen LogP contribution < -0.4 is 4.90 Å². The van der Waals surface area contributed by atoms with E-state index in [1.807, 2.05) is 49.4 Å². The van der Waals surface area contributed by atoms with Gasteiger partial charge in [0.2, 0.25) is 5.91 Å². The van der Waals surface area contributed by atoms with E-state index in [0.717, 1.165) is 40.1 Å². The molecular formula is C24H20F3NO. The van der Waals surface area contributed by atoms with E-state index < -0.39 is 11.7 Å².